The molecule has 0 saturated carbocycles. The second kappa shape index (κ2) is 7.21. The van der Waals surface area contributed by atoms with Crippen molar-refractivity contribution < 1.29 is 4.74 Å². The molecule has 1 aliphatic heterocycles. The number of nitrogens with one attached hydrogen (secondary N) is 1. The van der Waals surface area contributed by atoms with Crippen LogP contribution in [0.4, 0.5) is 0 Å². The predicted octanol–water partition coefficient (Wildman–Crippen LogP) is 1.10. The molecule has 1 saturated heterocycles. The molecule has 0 aromatic rings. The van der Waals surface area contributed by atoms with Crippen LogP contribution in [-0.2, 0) is 4.74 Å². The Kier molecular flexibility index (Phi) is 6.15. The molecule has 0 aromatic heterocycles. The molecule has 0 radical (unpaired) electrons. The van der Waals surface area contributed by atoms with Gasteiger partial charge in [0.05, 0.1) is 0 Å². The molecular weight excluding hydrogens is 176 g/mol. The van der Waals surface area contributed by atoms with Gasteiger partial charge in [-0.15, -0.1) is 0 Å². The Morgan fingerprint density at radius 1 is 1.29 bits per heavy atom. The van der Waals surface area contributed by atoms with Gasteiger partial charge in [-0.25, -0.2) is 0 Å². The number of hydrogen-bond donors (Lipinski definition) is 1. The fraction of sp³-hybridized carbons (Fsp3) is 1.00. The molecule has 1 unspecified atom stereocenters. The lowest BCUT2D eigenvalue weighted by Crippen LogP contribution is -2.39. The lowest BCUT2D eigenvalue weighted by Gasteiger charge is -2.30. The molecule has 1 atom stereocenters. The number of rotatable bonds is 4. The van der Waals surface area contributed by atoms with E-state index in [1.54, 1.807) is 7.11 Å². The van der Waals surface area contributed by atoms with Crippen molar-refractivity contribution in [3.63, 3.8) is 0 Å². The monoisotopic (exact) mass is 200 g/mol. The molecule has 1 aliphatic rings. The molecule has 3 nitrogen and oxygen atoms in total. The smallest absolute Gasteiger partial charge is 0.0477 e. The van der Waals surface area contributed by atoms with E-state index in [0.717, 1.165) is 13.0 Å². The summed E-state index contributed by atoms with van der Waals surface area (Å²) >= 11 is 0. The molecule has 1 N–H and O–H groups in total. The first kappa shape index (κ1) is 12.0. The third kappa shape index (κ3) is 4.40. The molecule has 0 aromatic carbocycles. The van der Waals surface area contributed by atoms with Crippen molar-refractivity contribution in [3.05, 3.63) is 0 Å². The van der Waals surface area contributed by atoms with Crippen molar-refractivity contribution in [2.24, 2.45) is 0 Å². The first-order chi connectivity index (χ1) is 6.84. The van der Waals surface area contributed by atoms with Crippen LogP contribution >= 0.6 is 0 Å². The van der Waals surface area contributed by atoms with Crippen LogP contribution in [0.2, 0.25) is 0 Å². The van der Waals surface area contributed by atoms with Gasteiger partial charge in [0.25, 0.3) is 0 Å². The van der Waals surface area contributed by atoms with Gasteiger partial charge < -0.3 is 15.0 Å². The van der Waals surface area contributed by atoms with Crippen LogP contribution in [-0.4, -0.2) is 50.8 Å². The molecule has 0 spiro atoms. The van der Waals surface area contributed by atoms with Gasteiger partial charge in [0, 0.05) is 19.8 Å². The van der Waals surface area contributed by atoms with Crippen LogP contribution in [0.5, 0.6) is 0 Å². The Morgan fingerprint density at radius 2 is 1.93 bits per heavy atom. The Morgan fingerprint density at radius 3 is 2.50 bits per heavy atom. The molecular formula is C11H24N2O. The van der Waals surface area contributed by atoms with Gasteiger partial charge in [-0.3, -0.25) is 0 Å². The van der Waals surface area contributed by atoms with Crippen LogP contribution in [0, 0.1) is 0 Å². The van der Waals surface area contributed by atoms with Gasteiger partial charge >= 0.3 is 0 Å². The van der Waals surface area contributed by atoms with Crippen molar-refractivity contribution in [2.75, 3.05) is 39.9 Å². The van der Waals surface area contributed by atoms with Crippen molar-refractivity contribution >= 4 is 0 Å². The fourth-order valence-electron chi connectivity index (χ4n) is 1.96. The molecule has 14 heavy (non-hydrogen) atoms. The summed E-state index contributed by atoms with van der Waals surface area (Å²) in [6.45, 7) is 8.01. The minimum atomic E-state index is 0.674. The maximum Gasteiger partial charge on any atom is 0.0477 e. The van der Waals surface area contributed by atoms with Crippen LogP contribution in [0.25, 0.3) is 0 Å². The Balaban J connectivity index is 2.23. The van der Waals surface area contributed by atoms with Crippen LogP contribution in [0.3, 0.4) is 0 Å². The summed E-state index contributed by atoms with van der Waals surface area (Å²) in [4.78, 5) is 2.60. The highest BCUT2D eigenvalue weighted by atomic mass is 16.5. The van der Waals surface area contributed by atoms with Crippen LogP contribution in [0.15, 0.2) is 0 Å². The highest BCUT2D eigenvalue weighted by Gasteiger charge is 2.13. The molecule has 0 bridgehead atoms. The maximum atomic E-state index is 5.12. The van der Waals surface area contributed by atoms with Gasteiger partial charge in [-0.2, -0.15) is 0 Å². The molecule has 84 valence electrons. The average Bonchev–Trinajstić information content (AvgIpc) is 2.13. The van der Waals surface area contributed by atoms with E-state index in [1.807, 2.05) is 0 Å². The van der Waals surface area contributed by atoms with Crippen LogP contribution < -0.4 is 5.32 Å². The lowest BCUT2D eigenvalue weighted by molar-refractivity contribution is 0.132. The van der Waals surface area contributed by atoms with Crippen LogP contribution in [0.1, 0.15) is 26.2 Å². The molecule has 1 rings (SSSR count). The van der Waals surface area contributed by atoms with E-state index < -0.39 is 0 Å². The first-order valence-electron chi connectivity index (χ1n) is 5.78. The second-order valence-corrected chi connectivity index (χ2v) is 4.12. The summed E-state index contributed by atoms with van der Waals surface area (Å²) in [6.07, 6.45) is 3.71. The molecule has 3 heteroatoms. The SMILES string of the molecule is COCCC(C)N1CCCNCCC1. The summed E-state index contributed by atoms with van der Waals surface area (Å²) in [5.41, 5.74) is 0. The van der Waals surface area contributed by atoms with E-state index in [0.29, 0.717) is 6.04 Å². The zero-order valence-electron chi connectivity index (χ0n) is 9.59. The second-order valence-electron chi connectivity index (χ2n) is 4.12. The van der Waals surface area contributed by atoms with Crippen molar-refractivity contribution in [1.82, 2.24) is 10.2 Å². The highest BCUT2D eigenvalue weighted by Crippen LogP contribution is 2.07. The quantitative estimate of drug-likeness (QED) is 0.735. The van der Waals surface area contributed by atoms with E-state index in [-0.39, 0.29) is 0 Å². The van der Waals surface area contributed by atoms with Gasteiger partial charge in [0.15, 0.2) is 0 Å². The molecule has 0 amide bonds. The standard InChI is InChI=1S/C11H24N2O/c1-11(5-10-14-2)13-8-3-6-12-7-4-9-13/h11-12H,3-10H2,1-2H3. The minimum absolute atomic E-state index is 0.674. The number of nitrogens with zero attached hydrogens (tertiary/aromatic N) is 1. The average molecular weight is 200 g/mol. The van der Waals surface area contributed by atoms with E-state index in [4.69, 9.17) is 4.74 Å². The number of ether oxygens (including phenoxy) is 1. The fourth-order valence-corrected chi connectivity index (χ4v) is 1.96. The lowest BCUT2D eigenvalue weighted by atomic mass is 10.1. The predicted molar refractivity (Wildman–Crippen MR) is 59.6 cm³/mol. The van der Waals surface area contributed by atoms with E-state index in [1.165, 1.54) is 39.0 Å². The van der Waals surface area contributed by atoms with Gasteiger partial charge in [-0.05, 0) is 52.4 Å². The number of methoxy groups -OCH3 is 1. The Bertz CT molecular complexity index is 133. The molecule has 1 heterocycles. The third-order valence-corrected chi connectivity index (χ3v) is 2.96. The van der Waals surface area contributed by atoms with Crippen molar-refractivity contribution in [3.8, 4) is 0 Å². The van der Waals surface area contributed by atoms with Gasteiger partial charge in [-0.1, -0.05) is 0 Å². The third-order valence-electron chi connectivity index (χ3n) is 2.96. The maximum absolute atomic E-state index is 5.12. The van der Waals surface area contributed by atoms with Gasteiger partial charge in [0.2, 0.25) is 0 Å². The van der Waals surface area contributed by atoms with Gasteiger partial charge in [0.1, 0.15) is 0 Å². The normalized spacial score (nSPS) is 22.7. The highest BCUT2D eigenvalue weighted by molar-refractivity contribution is 4.70. The zero-order valence-corrected chi connectivity index (χ0v) is 9.59. The summed E-state index contributed by atoms with van der Waals surface area (Å²) in [6, 6.07) is 0.674. The van der Waals surface area contributed by atoms with Crippen molar-refractivity contribution in [1.29, 1.82) is 0 Å². The molecule has 1 fully saturated rings. The number of hydrogen-bond acceptors (Lipinski definition) is 3. The van der Waals surface area contributed by atoms with E-state index in [2.05, 4.69) is 17.1 Å². The largest absolute Gasteiger partial charge is 0.385 e. The summed E-state index contributed by atoms with van der Waals surface area (Å²) in [7, 11) is 1.78. The van der Waals surface area contributed by atoms with E-state index >= 15 is 0 Å². The van der Waals surface area contributed by atoms with E-state index in [9.17, 15) is 0 Å². The van der Waals surface area contributed by atoms with Crippen molar-refractivity contribution in [2.45, 2.75) is 32.2 Å². The summed E-state index contributed by atoms with van der Waals surface area (Å²) in [5.74, 6) is 0. The minimum Gasteiger partial charge on any atom is -0.385 e. The zero-order chi connectivity index (χ0) is 10.2. The topological polar surface area (TPSA) is 24.5 Å². The summed E-state index contributed by atoms with van der Waals surface area (Å²) in [5, 5.41) is 3.44. The Labute approximate surface area is 87.8 Å². The molecule has 0 aliphatic carbocycles. The summed E-state index contributed by atoms with van der Waals surface area (Å²) < 4.78 is 5.12. The Hall–Kier alpha value is -0.120. The first-order valence-corrected chi connectivity index (χ1v) is 5.78.